The molecule has 2 aromatic rings. The van der Waals surface area contributed by atoms with E-state index in [0.29, 0.717) is 6.04 Å². The fourth-order valence-corrected chi connectivity index (χ4v) is 2.67. The number of nitrogens with zero attached hydrogens (tertiary/aromatic N) is 2. The Morgan fingerprint density at radius 3 is 2.63 bits per heavy atom. The smallest absolute Gasteiger partial charge is 0.0765 e. The van der Waals surface area contributed by atoms with Crippen LogP contribution in [0.5, 0.6) is 0 Å². The van der Waals surface area contributed by atoms with Crippen molar-refractivity contribution in [1.29, 1.82) is 0 Å². The first-order valence-corrected chi connectivity index (χ1v) is 7.70. The van der Waals surface area contributed by atoms with Gasteiger partial charge < -0.3 is 4.57 Å². The summed E-state index contributed by atoms with van der Waals surface area (Å²) in [5.74, 6) is 0. The van der Waals surface area contributed by atoms with Gasteiger partial charge in [-0.15, -0.1) is 11.8 Å². The molecule has 19 heavy (non-hydrogen) atoms. The van der Waals surface area contributed by atoms with Gasteiger partial charge in [-0.1, -0.05) is 12.1 Å². The number of aromatic nitrogens is 1. The molecule has 1 heterocycles. The van der Waals surface area contributed by atoms with E-state index in [1.165, 1.54) is 10.6 Å². The molecule has 0 N–H and O–H groups in total. The van der Waals surface area contributed by atoms with E-state index < -0.39 is 0 Å². The highest BCUT2D eigenvalue weighted by Crippen LogP contribution is 2.27. The first-order valence-electron chi connectivity index (χ1n) is 6.47. The topological polar surface area (TPSA) is 17.3 Å². The molecular formula is C16H20N2S. The first-order chi connectivity index (χ1) is 9.11. The summed E-state index contributed by atoms with van der Waals surface area (Å²) in [5, 5.41) is 0. The Balaban J connectivity index is 2.25. The lowest BCUT2D eigenvalue weighted by atomic mass is 10.3. The van der Waals surface area contributed by atoms with E-state index in [1.807, 2.05) is 18.3 Å². The third-order valence-corrected chi connectivity index (χ3v) is 3.85. The number of aryl methyl sites for hydroxylation is 1. The average molecular weight is 272 g/mol. The number of thioether (sulfide) groups is 1. The second kappa shape index (κ2) is 6.11. The number of hydrogen-bond acceptors (Lipinski definition) is 2. The number of hydrogen-bond donors (Lipinski definition) is 0. The summed E-state index contributed by atoms with van der Waals surface area (Å²) in [7, 11) is 0. The predicted molar refractivity (Wildman–Crippen MR) is 85.0 cm³/mol. The number of benzene rings is 1. The second-order valence-corrected chi connectivity index (χ2v) is 5.69. The number of rotatable bonds is 4. The van der Waals surface area contributed by atoms with Gasteiger partial charge in [0.2, 0.25) is 0 Å². The molecular weight excluding hydrogens is 252 g/mol. The Morgan fingerprint density at radius 2 is 2.00 bits per heavy atom. The lowest BCUT2D eigenvalue weighted by molar-refractivity contribution is 0.589. The van der Waals surface area contributed by atoms with E-state index in [1.54, 1.807) is 11.8 Å². The molecule has 100 valence electrons. The van der Waals surface area contributed by atoms with Crippen molar-refractivity contribution in [1.82, 2.24) is 4.57 Å². The zero-order chi connectivity index (χ0) is 13.8. The number of aliphatic imine (C=N–C) groups is 1. The molecule has 0 saturated heterocycles. The molecule has 0 aliphatic heterocycles. The minimum Gasteiger partial charge on any atom is -0.349 e. The third-order valence-electron chi connectivity index (χ3n) is 3.07. The van der Waals surface area contributed by atoms with Crippen LogP contribution in [0.1, 0.15) is 31.1 Å². The summed E-state index contributed by atoms with van der Waals surface area (Å²) in [5.41, 5.74) is 3.46. The van der Waals surface area contributed by atoms with Gasteiger partial charge in [-0.3, -0.25) is 4.99 Å². The maximum Gasteiger partial charge on any atom is 0.0765 e. The van der Waals surface area contributed by atoms with Crippen molar-refractivity contribution in [3.05, 3.63) is 47.8 Å². The maximum absolute atomic E-state index is 4.60. The van der Waals surface area contributed by atoms with Crippen LogP contribution in [0.3, 0.4) is 0 Å². The Bertz CT molecular complexity index is 582. The molecule has 0 spiro atoms. The van der Waals surface area contributed by atoms with E-state index in [0.717, 1.165) is 11.3 Å². The van der Waals surface area contributed by atoms with Crippen molar-refractivity contribution in [2.45, 2.75) is 31.7 Å². The van der Waals surface area contributed by atoms with Gasteiger partial charge in [0.1, 0.15) is 0 Å². The fourth-order valence-electron chi connectivity index (χ4n) is 2.12. The van der Waals surface area contributed by atoms with Crippen LogP contribution in [0, 0.1) is 6.92 Å². The molecule has 3 heteroatoms. The molecule has 0 bridgehead atoms. The van der Waals surface area contributed by atoms with Gasteiger partial charge in [0, 0.05) is 34.6 Å². The van der Waals surface area contributed by atoms with Crippen LogP contribution >= 0.6 is 11.8 Å². The van der Waals surface area contributed by atoms with Crippen molar-refractivity contribution in [3.8, 4) is 0 Å². The molecule has 2 rings (SSSR count). The Kier molecular flexibility index (Phi) is 4.48. The van der Waals surface area contributed by atoms with Gasteiger partial charge in [0.25, 0.3) is 0 Å². The Hall–Kier alpha value is -1.48. The second-order valence-electron chi connectivity index (χ2n) is 4.85. The zero-order valence-corrected chi connectivity index (χ0v) is 12.7. The standard InChI is InChI=1S/C16H20N2S/c1-12(2)18-11-14(9-13(18)3)10-17-15-7-5-6-8-16(15)19-4/h5-12H,1-4H3. The molecule has 1 aromatic heterocycles. The highest BCUT2D eigenvalue weighted by Gasteiger charge is 2.03. The van der Waals surface area contributed by atoms with Gasteiger partial charge in [0.15, 0.2) is 0 Å². The molecule has 0 unspecified atom stereocenters. The molecule has 1 aromatic carbocycles. The van der Waals surface area contributed by atoms with Crippen molar-refractivity contribution in [2.24, 2.45) is 4.99 Å². The lowest BCUT2D eigenvalue weighted by Crippen LogP contribution is -2.00. The van der Waals surface area contributed by atoms with Crippen LogP contribution in [-0.4, -0.2) is 17.0 Å². The largest absolute Gasteiger partial charge is 0.349 e. The Morgan fingerprint density at radius 1 is 1.26 bits per heavy atom. The van der Waals surface area contributed by atoms with Crippen LogP contribution < -0.4 is 0 Å². The summed E-state index contributed by atoms with van der Waals surface area (Å²) in [6.07, 6.45) is 6.18. The lowest BCUT2D eigenvalue weighted by Gasteiger charge is -2.08. The van der Waals surface area contributed by atoms with E-state index in [9.17, 15) is 0 Å². The number of para-hydroxylation sites is 1. The van der Waals surface area contributed by atoms with Gasteiger partial charge in [0.05, 0.1) is 5.69 Å². The summed E-state index contributed by atoms with van der Waals surface area (Å²) in [6.45, 7) is 6.51. The maximum atomic E-state index is 4.60. The van der Waals surface area contributed by atoms with Crippen LogP contribution in [0.2, 0.25) is 0 Å². The third kappa shape index (κ3) is 3.29. The van der Waals surface area contributed by atoms with Gasteiger partial charge in [-0.05, 0) is 45.2 Å². The minimum absolute atomic E-state index is 0.487. The molecule has 0 saturated carbocycles. The predicted octanol–water partition coefficient (Wildman–Crippen LogP) is 4.85. The molecule has 0 aliphatic carbocycles. The van der Waals surface area contributed by atoms with Crippen molar-refractivity contribution in [2.75, 3.05) is 6.26 Å². The molecule has 2 nitrogen and oxygen atoms in total. The zero-order valence-electron chi connectivity index (χ0n) is 11.9. The highest BCUT2D eigenvalue weighted by atomic mass is 32.2. The summed E-state index contributed by atoms with van der Waals surface area (Å²) in [6, 6.07) is 10.9. The quantitative estimate of drug-likeness (QED) is 0.574. The van der Waals surface area contributed by atoms with Gasteiger partial charge >= 0.3 is 0 Å². The van der Waals surface area contributed by atoms with E-state index in [-0.39, 0.29) is 0 Å². The van der Waals surface area contributed by atoms with Crippen molar-refractivity contribution in [3.63, 3.8) is 0 Å². The van der Waals surface area contributed by atoms with Gasteiger partial charge in [-0.2, -0.15) is 0 Å². The summed E-state index contributed by atoms with van der Waals surface area (Å²) >= 11 is 1.72. The Labute approximate surface area is 119 Å². The van der Waals surface area contributed by atoms with Gasteiger partial charge in [-0.25, -0.2) is 0 Å². The average Bonchev–Trinajstić information content (AvgIpc) is 2.78. The highest BCUT2D eigenvalue weighted by molar-refractivity contribution is 7.98. The summed E-state index contributed by atoms with van der Waals surface area (Å²) in [4.78, 5) is 5.81. The van der Waals surface area contributed by atoms with E-state index in [4.69, 9.17) is 0 Å². The molecule has 0 amide bonds. The molecule has 0 atom stereocenters. The molecule has 0 radical (unpaired) electrons. The van der Waals surface area contributed by atoms with Crippen LogP contribution in [-0.2, 0) is 0 Å². The van der Waals surface area contributed by atoms with E-state index in [2.05, 4.69) is 61.0 Å². The van der Waals surface area contributed by atoms with Crippen molar-refractivity contribution >= 4 is 23.7 Å². The monoisotopic (exact) mass is 272 g/mol. The SMILES string of the molecule is CSc1ccccc1N=Cc1cc(C)n(C(C)C)c1. The fraction of sp³-hybridized carbons (Fsp3) is 0.312. The van der Waals surface area contributed by atoms with E-state index >= 15 is 0 Å². The first kappa shape index (κ1) is 13.9. The minimum atomic E-state index is 0.487. The molecule has 0 aliphatic rings. The van der Waals surface area contributed by atoms with Crippen LogP contribution in [0.25, 0.3) is 0 Å². The molecule has 0 fully saturated rings. The van der Waals surface area contributed by atoms with Crippen molar-refractivity contribution < 1.29 is 0 Å². The summed E-state index contributed by atoms with van der Waals surface area (Å²) < 4.78 is 2.27. The van der Waals surface area contributed by atoms with Crippen LogP contribution in [0.15, 0.2) is 46.4 Å². The normalized spacial score (nSPS) is 11.6. The van der Waals surface area contributed by atoms with Crippen LogP contribution in [0.4, 0.5) is 5.69 Å².